The summed E-state index contributed by atoms with van der Waals surface area (Å²) in [6.07, 6.45) is 1.38. The highest BCUT2D eigenvalue weighted by atomic mass is 19.1. The maximum absolute atomic E-state index is 12.5. The van der Waals surface area contributed by atoms with Gasteiger partial charge in [-0.3, -0.25) is 0 Å². The van der Waals surface area contributed by atoms with Gasteiger partial charge in [-0.2, -0.15) is 4.39 Å². The van der Waals surface area contributed by atoms with Crippen LogP contribution in [0, 0.1) is 5.95 Å². The van der Waals surface area contributed by atoms with Gasteiger partial charge >= 0.3 is 0 Å². The molecule has 88 valence electrons. The summed E-state index contributed by atoms with van der Waals surface area (Å²) >= 11 is 0. The molecule has 5 heteroatoms. The Morgan fingerprint density at radius 3 is 2.59 bits per heavy atom. The molecule has 1 aromatic heterocycles. The van der Waals surface area contributed by atoms with Crippen molar-refractivity contribution in [1.29, 1.82) is 0 Å². The van der Waals surface area contributed by atoms with Crippen molar-refractivity contribution in [3.8, 4) is 11.5 Å². The third kappa shape index (κ3) is 2.84. The van der Waals surface area contributed by atoms with E-state index in [0.29, 0.717) is 12.2 Å². The summed E-state index contributed by atoms with van der Waals surface area (Å²) in [6.45, 7) is 0.446. The van der Waals surface area contributed by atoms with Gasteiger partial charge in [-0.05, 0) is 29.8 Å². The van der Waals surface area contributed by atoms with Crippen LogP contribution in [0.3, 0.4) is 0 Å². The first-order valence-electron chi connectivity index (χ1n) is 5.01. The zero-order chi connectivity index (χ0) is 12.3. The van der Waals surface area contributed by atoms with E-state index in [4.69, 9.17) is 5.11 Å². The van der Waals surface area contributed by atoms with Crippen LogP contribution < -0.4 is 5.32 Å². The van der Waals surface area contributed by atoms with Crippen molar-refractivity contribution in [3.05, 3.63) is 48.0 Å². The number of rotatable bonds is 3. The summed E-state index contributed by atoms with van der Waals surface area (Å²) in [5.41, 5.74) is 1.48. The quantitative estimate of drug-likeness (QED) is 0.563. The molecular weight excluding hydrogens is 223 g/mol. The molecule has 2 aromatic rings. The lowest BCUT2D eigenvalue weighted by Gasteiger charge is -2.06. The zero-order valence-electron chi connectivity index (χ0n) is 8.89. The SMILES string of the molecule is Oc1ccc(CNc2ccc(F)nc2)cc1O. The number of aromatic nitrogens is 1. The van der Waals surface area contributed by atoms with E-state index in [1.165, 1.54) is 24.4 Å². The van der Waals surface area contributed by atoms with Crippen LogP contribution in [0.25, 0.3) is 0 Å². The molecule has 3 N–H and O–H groups in total. The molecule has 0 unspecified atom stereocenters. The topological polar surface area (TPSA) is 65.4 Å². The van der Waals surface area contributed by atoms with Crippen LogP contribution in [-0.2, 0) is 6.54 Å². The van der Waals surface area contributed by atoms with Crippen LogP contribution in [-0.4, -0.2) is 15.2 Å². The molecular formula is C12H11FN2O2. The van der Waals surface area contributed by atoms with Crippen molar-refractivity contribution in [1.82, 2.24) is 4.98 Å². The average molecular weight is 234 g/mol. The van der Waals surface area contributed by atoms with Crippen molar-refractivity contribution < 1.29 is 14.6 Å². The van der Waals surface area contributed by atoms with E-state index < -0.39 is 5.95 Å². The first-order chi connectivity index (χ1) is 8.15. The fraction of sp³-hybridized carbons (Fsp3) is 0.0833. The first kappa shape index (κ1) is 11.2. The highest BCUT2D eigenvalue weighted by molar-refractivity contribution is 5.44. The van der Waals surface area contributed by atoms with E-state index in [-0.39, 0.29) is 11.5 Å². The number of hydrogen-bond donors (Lipinski definition) is 3. The van der Waals surface area contributed by atoms with E-state index in [2.05, 4.69) is 10.3 Å². The monoisotopic (exact) mass is 234 g/mol. The molecule has 0 aliphatic rings. The van der Waals surface area contributed by atoms with Gasteiger partial charge in [-0.25, -0.2) is 4.98 Å². The fourth-order valence-corrected chi connectivity index (χ4v) is 1.36. The van der Waals surface area contributed by atoms with Crippen LogP contribution in [0.15, 0.2) is 36.5 Å². The van der Waals surface area contributed by atoms with Crippen molar-refractivity contribution >= 4 is 5.69 Å². The summed E-state index contributed by atoms with van der Waals surface area (Å²) in [5, 5.41) is 21.4. The molecule has 0 fully saturated rings. The first-order valence-corrected chi connectivity index (χ1v) is 5.01. The van der Waals surface area contributed by atoms with Crippen LogP contribution in [0.2, 0.25) is 0 Å². The number of pyridine rings is 1. The van der Waals surface area contributed by atoms with Crippen LogP contribution in [0.1, 0.15) is 5.56 Å². The largest absolute Gasteiger partial charge is 0.504 e. The van der Waals surface area contributed by atoms with Crippen molar-refractivity contribution in [2.75, 3.05) is 5.32 Å². The molecule has 0 atom stereocenters. The molecule has 0 radical (unpaired) electrons. The van der Waals surface area contributed by atoms with Gasteiger partial charge in [0, 0.05) is 6.54 Å². The molecule has 17 heavy (non-hydrogen) atoms. The lowest BCUT2D eigenvalue weighted by atomic mass is 10.2. The minimum atomic E-state index is -0.530. The highest BCUT2D eigenvalue weighted by Gasteiger charge is 2.01. The predicted molar refractivity (Wildman–Crippen MR) is 61.3 cm³/mol. The molecule has 4 nitrogen and oxygen atoms in total. The molecule has 0 bridgehead atoms. The maximum Gasteiger partial charge on any atom is 0.212 e. The molecule has 0 amide bonds. The Labute approximate surface area is 97.4 Å². The Balaban J connectivity index is 2.02. The standard InChI is InChI=1S/C12H11FN2O2/c13-12-4-2-9(7-15-12)14-6-8-1-3-10(16)11(17)5-8/h1-5,7,14,16-17H,6H2. The highest BCUT2D eigenvalue weighted by Crippen LogP contribution is 2.25. The van der Waals surface area contributed by atoms with Crippen LogP contribution >= 0.6 is 0 Å². The van der Waals surface area contributed by atoms with Gasteiger partial charge in [0.15, 0.2) is 11.5 Å². The number of nitrogens with one attached hydrogen (secondary N) is 1. The minimum Gasteiger partial charge on any atom is -0.504 e. The number of nitrogens with zero attached hydrogens (tertiary/aromatic N) is 1. The summed E-state index contributed by atoms with van der Waals surface area (Å²) in [6, 6.07) is 7.38. The van der Waals surface area contributed by atoms with Gasteiger partial charge < -0.3 is 15.5 Å². The van der Waals surface area contributed by atoms with E-state index in [1.54, 1.807) is 12.1 Å². The number of benzene rings is 1. The van der Waals surface area contributed by atoms with E-state index in [9.17, 15) is 9.50 Å². The predicted octanol–water partition coefficient (Wildman–Crippen LogP) is 2.24. The Morgan fingerprint density at radius 2 is 1.94 bits per heavy atom. The van der Waals surface area contributed by atoms with Crippen LogP contribution in [0.5, 0.6) is 11.5 Å². The fourth-order valence-electron chi connectivity index (χ4n) is 1.36. The molecule has 2 rings (SSSR count). The maximum atomic E-state index is 12.5. The number of aromatic hydroxyl groups is 2. The van der Waals surface area contributed by atoms with Crippen molar-refractivity contribution in [3.63, 3.8) is 0 Å². The lowest BCUT2D eigenvalue weighted by Crippen LogP contribution is -1.99. The zero-order valence-corrected chi connectivity index (χ0v) is 8.89. The number of phenols is 2. The normalized spacial score (nSPS) is 10.2. The van der Waals surface area contributed by atoms with Gasteiger partial charge in [-0.15, -0.1) is 0 Å². The molecule has 0 spiro atoms. The molecule has 0 saturated heterocycles. The van der Waals surface area contributed by atoms with Crippen molar-refractivity contribution in [2.45, 2.75) is 6.54 Å². The second-order valence-electron chi connectivity index (χ2n) is 3.55. The number of hydrogen-bond acceptors (Lipinski definition) is 4. The summed E-state index contributed by atoms with van der Waals surface area (Å²) < 4.78 is 12.5. The third-order valence-electron chi connectivity index (χ3n) is 2.26. The summed E-state index contributed by atoms with van der Waals surface area (Å²) in [7, 11) is 0. The van der Waals surface area contributed by atoms with Gasteiger partial charge in [0.05, 0.1) is 11.9 Å². The molecule has 1 heterocycles. The molecule has 0 aliphatic carbocycles. The van der Waals surface area contributed by atoms with Gasteiger partial charge in [0.2, 0.25) is 5.95 Å². The second kappa shape index (κ2) is 4.69. The number of anilines is 1. The third-order valence-corrected chi connectivity index (χ3v) is 2.26. The number of phenolic OH excluding ortho intramolecular Hbond substituents is 2. The summed E-state index contributed by atoms with van der Waals surface area (Å²) in [4.78, 5) is 3.50. The van der Waals surface area contributed by atoms with Crippen LogP contribution in [0.4, 0.5) is 10.1 Å². The molecule has 0 saturated carbocycles. The van der Waals surface area contributed by atoms with Crippen molar-refractivity contribution in [2.24, 2.45) is 0 Å². The van der Waals surface area contributed by atoms with Gasteiger partial charge in [-0.1, -0.05) is 6.07 Å². The Bertz CT molecular complexity index is 514. The second-order valence-corrected chi connectivity index (χ2v) is 3.55. The van der Waals surface area contributed by atoms with E-state index in [0.717, 1.165) is 5.56 Å². The lowest BCUT2D eigenvalue weighted by molar-refractivity contribution is 0.403. The molecule has 1 aromatic carbocycles. The average Bonchev–Trinajstić information content (AvgIpc) is 2.33. The van der Waals surface area contributed by atoms with Gasteiger partial charge in [0.25, 0.3) is 0 Å². The smallest absolute Gasteiger partial charge is 0.212 e. The Hall–Kier alpha value is -2.30. The van der Waals surface area contributed by atoms with E-state index >= 15 is 0 Å². The number of halogens is 1. The Morgan fingerprint density at radius 1 is 1.12 bits per heavy atom. The minimum absolute atomic E-state index is 0.155. The molecule has 0 aliphatic heterocycles. The summed E-state index contributed by atoms with van der Waals surface area (Å²) in [5.74, 6) is -0.850. The van der Waals surface area contributed by atoms with E-state index in [1.807, 2.05) is 0 Å². The Kier molecular flexibility index (Phi) is 3.09. The van der Waals surface area contributed by atoms with Gasteiger partial charge in [0.1, 0.15) is 0 Å².